The Morgan fingerprint density at radius 2 is 1.26 bits per heavy atom. The molecule has 6 aromatic carbocycles. The molecule has 0 unspecified atom stereocenters. The molecule has 8 rings (SSSR count). The molecule has 0 atom stereocenters. The van der Waals surface area contributed by atoms with E-state index in [1.54, 1.807) is 0 Å². The highest BCUT2D eigenvalue weighted by atomic mass is 16.3. The minimum absolute atomic E-state index is 0.0300. The number of hydrogen-bond acceptors (Lipinski definition) is 2. The Bertz CT molecular complexity index is 2060. The van der Waals surface area contributed by atoms with Crippen LogP contribution < -0.4 is 5.32 Å². The van der Waals surface area contributed by atoms with E-state index in [4.69, 9.17) is 4.42 Å². The molecule has 2 nitrogen and oxygen atoms in total. The van der Waals surface area contributed by atoms with Crippen LogP contribution in [0.4, 0.5) is 11.4 Å². The van der Waals surface area contributed by atoms with Gasteiger partial charge in [0.2, 0.25) is 0 Å². The van der Waals surface area contributed by atoms with Gasteiger partial charge in [0.05, 0.1) is 5.69 Å². The van der Waals surface area contributed by atoms with Gasteiger partial charge in [0.15, 0.2) is 5.58 Å². The number of benzene rings is 6. The van der Waals surface area contributed by atoms with Crippen molar-refractivity contribution in [3.8, 4) is 22.3 Å². The van der Waals surface area contributed by atoms with Crippen molar-refractivity contribution in [2.45, 2.75) is 19.3 Å². The minimum atomic E-state index is 0.0300. The molecule has 1 N–H and O–H groups in total. The zero-order chi connectivity index (χ0) is 26.1. The molecule has 2 heteroatoms. The zero-order valence-electron chi connectivity index (χ0n) is 22.0. The van der Waals surface area contributed by atoms with Gasteiger partial charge in [-0.15, -0.1) is 0 Å². The highest BCUT2D eigenvalue weighted by molar-refractivity contribution is 6.17. The van der Waals surface area contributed by atoms with Crippen molar-refractivity contribution in [3.63, 3.8) is 0 Å². The Morgan fingerprint density at radius 1 is 0.538 bits per heavy atom. The number of nitrogens with one attached hydrogen (secondary N) is 1. The molecule has 1 aliphatic carbocycles. The van der Waals surface area contributed by atoms with Gasteiger partial charge in [-0.1, -0.05) is 105 Å². The van der Waals surface area contributed by atoms with Crippen LogP contribution in [-0.2, 0) is 5.41 Å². The Hall–Kier alpha value is -4.82. The molecule has 0 fully saturated rings. The lowest BCUT2D eigenvalue weighted by molar-refractivity contribution is 0.660. The molecule has 0 aliphatic heterocycles. The van der Waals surface area contributed by atoms with E-state index in [2.05, 4.69) is 140 Å². The normalized spacial score (nSPS) is 13.6. The standard InChI is InChI=1S/C37H27NO/c1-37(2)32-12-6-5-10-28(32)31-22-25(17-21-33(31)37)23-14-18-26(19-15-23)38-34-13-7-11-29-30-20-16-24-8-3-4-9-27(24)35(30)39-36(29)34/h3-22,38H,1-2H3. The van der Waals surface area contributed by atoms with Crippen LogP contribution in [0.1, 0.15) is 25.0 Å². The molecule has 1 aromatic heterocycles. The Balaban J connectivity index is 1.15. The number of rotatable bonds is 3. The first-order valence-corrected chi connectivity index (χ1v) is 13.5. The van der Waals surface area contributed by atoms with Crippen LogP contribution in [0.15, 0.2) is 126 Å². The molecule has 39 heavy (non-hydrogen) atoms. The molecule has 7 aromatic rings. The summed E-state index contributed by atoms with van der Waals surface area (Å²) in [7, 11) is 0. The third-order valence-corrected chi connectivity index (χ3v) is 8.47. The first kappa shape index (κ1) is 22.2. The predicted octanol–water partition coefficient (Wildman–Crippen LogP) is 10.5. The Labute approximate surface area is 227 Å². The summed E-state index contributed by atoms with van der Waals surface area (Å²) in [6.07, 6.45) is 0. The molecule has 0 saturated carbocycles. The van der Waals surface area contributed by atoms with E-state index in [0.717, 1.165) is 38.7 Å². The third kappa shape index (κ3) is 3.28. The maximum Gasteiger partial charge on any atom is 0.158 e. The van der Waals surface area contributed by atoms with Crippen LogP contribution in [0.3, 0.4) is 0 Å². The van der Waals surface area contributed by atoms with Crippen LogP contribution in [0.5, 0.6) is 0 Å². The van der Waals surface area contributed by atoms with Gasteiger partial charge in [-0.05, 0) is 69.1 Å². The van der Waals surface area contributed by atoms with E-state index in [1.807, 2.05) is 0 Å². The van der Waals surface area contributed by atoms with Crippen LogP contribution in [0.25, 0.3) is 55.0 Å². The van der Waals surface area contributed by atoms with Crippen molar-refractivity contribution in [1.82, 2.24) is 0 Å². The van der Waals surface area contributed by atoms with Crippen molar-refractivity contribution >= 4 is 44.1 Å². The highest BCUT2D eigenvalue weighted by Gasteiger charge is 2.35. The monoisotopic (exact) mass is 501 g/mol. The maximum atomic E-state index is 6.49. The summed E-state index contributed by atoms with van der Waals surface area (Å²) in [6, 6.07) is 43.4. The summed E-state index contributed by atoms with van der Waals surface area (Å²) in [4.78, 5) is 0. The molecule has 0 spiro atoms. The first-order valence-electron chi connectivity index (χ1n) is 13.5. The second-order valence-electron chi connectivity index (χ2n) is 11.1. The zero-order valence-corrected chi connectivity index (χ0v) is 22.0. The van der Waals surface area contributed by atoms with Gasteiger partial charge in [-0.3, -0.25) is 0 Å². The second-order valence-corrected chi connectivity index (χ2v) is 11.1. The summed E-state index contributed by atoms with van der Waals surface area (Å²) in [5.74, 6) is 0. The van der Waals surface area contributed by atoms with Crippen molar-refractivity contribution in [2.24, 2.45) is 0 Å². The van der Waals surface area contributed by atoms with E-state index >= 15 is 0 Å². The number of fused-ring (bicyclic) bond motifs is 8. The van der Waals surface area contributed by atoms with Crippen LogP contribution >= 0.6 is 0 Å². The highest BCUT2D eigenvalue weighted by Crippen LogP contribution is 2.49. The van der Waals surface area contributed by atoms with Gasteiger partial charge < -0.3 is 9.73 Å². The van der Waals surface area contributed by atoms with Crippen molar-refractivity contribution in [1.29, 1.82) is 0 Å². The number of hydrogen-bond donors (Lipinski definition) is 1. The van der Waals surface area contributed by atoms with E-state index in [-0.39, 0.29) is 5.41 Å². The van der Waals surface area contributed by atoms with Gasteiger partial charge >= 0.3 is 0 Å². The van der Waals surface area contributed by atoms with Crippen LogP contribution in [0.2, 0.25) is 0 Å². The average Bonchev–Trinajstić information content (AvgIpc) is 3.47. The predicted molar refractivity (Wildman–Crippen MR) is 164 cm³/mol. The maximum absolute atomic E-state index is 6.49. The van der Waals surface area contributed by atoms with Gasteiger partial charge in [0.1, 0.15) is 5.58 Å². The number of para-hydroxylation sites is 1. The molecule has 0 bridgehead atoms. The number of anilines is 2. The van der Waals surface area contributed by atoms with E-state index < -0.39 is 0 Å². The van der Waals surface area contributed by atoms with E-state index in [0.29, 0.717) is 0 Å². The fourth-order valence-corrected chi connectivity index (χ4v) is 6.43. The smallest absolute Gasteiger partial charge is 0.158 e. The molecule has 186 valence electrons. The third-order valence-electron chi connectivity index (χ3n) is 8.47. The largest absolute Gasteiger partial charge is 0.453 e. The summed E-state index contributed by atoms with van der Waals surface area (Å²) in [5, 5.41) is 8.20. The van der Waals surface area contributed by atoms with Crippen molar-refractivity contribution in [3.05, 3.63) is 132 Å². The SMILES string of the molecule is CC1(C)c2ccccc2-c2cc(-c3ccc(Nc4cccc5c4oc4c6ccccc6ccc54)cc3)ccc21. The molecular formula is C37H27NO. The lowest BCUT2D eigenvalue weighted by Crippen LogP contribution is -2.14. The quantitative estimate of drug-likeness (QED) is 0.260. The second kappa shape index (κ2) is 8.09. The first-order chi connectivity index (χ1) is 19.1. The van der Waals surface area contributed by atoms with E-state index in [9.17, 15) is 0 Å². The summed E-state index contributed by atoms with van der Waals surface area (Å²) >= 11 is 0. The molecule has 1 aliphatic rings. The molecule has 1 heterocycles. The van der Waals surface area contributed by atoms with Crippen LogP contribution in [-0.4, -0.2) is 0 Å². The topological polar surface area (TPSA) is 25.2 Å². The van der Waals surface area contributed by atoms with Crippen LogP contribution in [0, 0.1) is 0 Å². The van der Waals surface area contributed by atoms with Crippen molar-refractivity contribution < 1.29 is 4.42 Å². The average molecular weight is 502 g/mol. The molecule has 0 saturated heterocycles. The summed E-state index contributed by atoms with van der Waals surface area (Å²) in [5.41, 5.74) is 11.8. The Kier molecular flexibility index (Phi) is 4.60. The summed E-state index contributed by atoms with van der Waals surface area (Å²) < 4.78 is 6.49. The molecule has 0 amide bonds. The number of furan rings is 1. The fraction of sp³-hybridized carbons (Fsp3) is 0.0811. The fourth-order valence-electron chi connectivity index (χ4n) is 6.43. The lowest BCUT2D eigenvalue weighted by atomic mass is 9.82. The minimum Gasteiger partial charge on any atom is -0.453 e. The molecular weight excluding hydrogens is 474 g/mol. The Morgan fingerprint density at radius 3 is 2.15 bits per heavy atom. The van der Waals surface area contributed by atoms with Gasteiger partial charge in [0, 0.05) is 27.3 Å². The van der Waals surface area contributed by atoms with E-state index in [1.165, 1.54) is 38.8 Å². The summed E-state index contributed by atoms with van der Waals surface area (Å²) in [6.45, 7) is 4.64. The van der Waals surface area contributed by atoms with Gasteiger partial charge in [0.25, 0.3) is 0 Å². The molecule has 0 radical (unpaired) electrons. The van der Waals surface area contributed by atoms with Crippen molar-refractivity contribution in [2.75, 3.05) is 5.32 Å². The van der Waals surface area contributed by atoms with Gasteiger partial charge in [-0.2, -0.15) is 0 Å². The van der Waals surface area contributed by atoms with Gasteiger partial charge in [-0.25, -0.2) is 0 Å². The lowest BCUT2D eigenvalue weighted by Gasteiger charge is -2.21.